The zero-order valence-electron chi connectivity index (χ0n) is 22.4. The first kappa shape index (κ1) is 27.6. The molecule has 38 heavy (non-hydrogen) atoms. The molecule has 0 bridgehead atoms. The van der Waals surface area contributed by atoms with Crippen molar-refractivity contribution in [2.24, 2.45) is 11.3 Å². The van der Waals surface area contributed by atoms with Crippen molar-refractivity contribution in [2.45, 2.75) is 103 Å². The Kier molecular flexibility index (Phi) is 7.41. The van der Waals surface area contributed by atoms with E-state index in [0.717, 1.165) is 54.4 Å². The molecule has 0 unspecified atom stereocenters. The van der Waals surface area contributed by atoms with Gasteiger partial charge in [-0.2, -0.15) is 13.2 Å². The molecule has 2 fully saturated rings. The largest absolute Gasteiger partial charge is 0.416 e. The Balaban J connectivity index is 1.23. The molecule has 2 aliphatic carbocycles. The zero-order valence-corrected chi connectivity index (χ0v) is 23.2. The average molecular weight is 550 g/mol. The maximum Gasteiger partial charge on any atom is 0.416 e. The van der Waals surface area contributed by atoms with Crippen LogP contribution in [-0.4, -0.2) is 39.5 Å². The van der Waals surface area contributed by atoms with Gasteiger partial charge in [0.15, 0.2) is 0 Å². The molecule has 0 radical (unpaired) electrons. The van der Waals surface area contributed by atoms with Gasteiger partial charge < -0.3 is 15.3 Å². The number of halogens is 3. The number of hydrogen-bond acceptors (Lipinski definition) is 5. The molecule has 1 amide bonds. The van der Waals surface area contributed by atoms with Crippen LogP contribution in [0.1, 0.15) is 86.2 Å². The van der Waals surface area contributed by atoms with E-state index in [-0.39, 0.29) is 24.4 Å². The molecule has 2 aromatic rings. The smallest absolute Gasteiger partial charge is 0.383 e. The summed E-state index contributed by atoms with van der Waals surface area (Å²) in [6, 6.07) is 4.43. The molecule has 0 spiro atoms. The topological polar surface area (TPSA) is 65.5 Å². The van der Waals surface area contributed by atoms with Crippen molar-refractivity contribution in [1.82, 2.24) is 15.2 Å². The van der Waals surface area contributed by atoms with Crippen molar-refractivity contribution in [3.05, 3.63) is 51.0 Å². The zero-order chi connectivity index (χ0) is 27.3. The Morgan fingerprint density at radius 1 is 1.16 bits per heavy atom. The lowest BCUT2D eigenvalue weighted by Gasteiger charge is -2.40. The summed E-state index contributed by atoms with van der Waals surface area (Å²) >= 11 is 1.53. The number of amides is 1. The van der Waals surface area contributed by atoms with Crippen molar-refractivity contribution in [1.29, 1.82) is 0 Å². The lowest BCUT2D eigenvalue weighted by Crippen LogP contribution is -2.49. The number of fused-ring (bicyclic) bond motifs is 1. The fraction of sp³-hybridized carbons (Fsp3) is 0.655. The lowest BCUT2D eigenvalue weighted by atomic mass is 9.73. The van der Waals surface area contributed by atoms with Gasteiger partial charge in [-0.05, 0) is 87.5 Å². The summed E-state index contributed by atoms with van der Waals surface area (Å²) in [6.07, 6.45) is 1.68. The van der Waals surface area contributed by atoms with Crippen LogP contribution in [-0.2, 0) is 29.5 Å². The maximum absolute atomic E-state index is 14.0. The van der Waals surface area contributed by atoms with E-state index in [0.29, 0.717) is 37.4 Å². The first-order chi connectivity index (χ1) is 17.9. The molecule has 208 valence electrons. The van der Waals surface area contributed by atoms with Gasteiger partial charge in [-0.25, -0.2) is 4.98 Å². The summed E-state index contributed by atoms with van der Waals surface area (Å²) in [7, 11) is 0. The summed E-state index contributed by atoms with van der Waals surface area (Å²) in [5, 5.41) is 17.7. The third kappa shape index (κ3) is 5.26. The van der Waals surface area contributed by atoms with E-state index in [1.165, 1.54) is 17.4 Å². The monoisotopic (exact) mass is 549 g/mol. The first-order valence-electron chi connectivity index (χ1n) is 13.8. The minimum Gasteiger partial charge on any atom is -0.383 e. The number of nitrogens with zero attached hydrogens (tertiary/aromatic N) is 2. The van der Waals surface area contributed by atoms with E-state index >= 15 is 0 Å². The van der Waals surface area contributed by atoms with Gasteiger partial charge in [0.25, 0.3) is 0 Å². The number of alkyl halides is 3. The molecule has 3 aliphatic rings. The van der Waals surface area contributed by atoms with Crippen molar-refractivity contribution in [3.63, 3.8) is 0 Å². The molecule has 5 rings (SSSR count). The Morgan fingerprint density at radius 2 is 1.87 bits per heavy atom. The highest BCUT2D eigenvalue weighted by molar-refractivity contribution is 7.09. The van der Waals surface area contributed by atoms with E-state index < -0.39 is 22.8 Å². The highest BCUT2D eigenvalue weighted by atomic mass is 32.1. The molecular formula is C29H38F3N3O2S. The van der Waals surface area contributed by atoms with Gasteiger partial charge in [0.05, 0.1) is 11.0 Å². The molecule has 0 saturated heterocycles. The van der Waals surface area contributed by atoms with Crippen molar-refractivity contribution < 1.29 is 23.1 Å². The predicted molar refractivity (Wildman–Crippen MR) is 142 cm³/mol. The van der Waals surface area contributed by atoms with Gasteiger partial charge in [-0.3, -0.25) is 4.79 Å². The molecule has 2 N–H and O–H groups in total. The molecule has 1 aromatic carbocycles. The number of carbonyl (C=O) groups is 1. The van der Waals surface area contributed by atoms with Crippen LogP contribution in [0, 0.1) is 18.3 Å². The minimum atomic E-state index is -4.39. The van der Waals surface area contributed by atoms with Gasteiger partial charge in [-0.1, -0.05) is 19.9 Å². The summed E-state index contributed by atoms with van der Waals surface area (Å²) in [6.45, 7) is 6.91. The van der Waals surface area contributed by atoms with Gasteiger partial charge >= 0.3 is 6.18 Å². The number of benzene rings is 1. The second kappa shape index (κ2) is 10.2. The predicted octanol–water partition coefficient (Wildman–Crippen LogP) is 5.97. The Bertz CT molecular complexity index is 1170. The second-order valence-corrected chi connectivity index (χ2v) is 12.8. The molecule has 2 heterocycles. The Morgan fingerprint density at radius 3 is 2.50 bits per heavy atom. The van der Waals surface area contributed by atoms with Crippen LogP contribution in [0.2, 0.25) is 0 Å². The molecular weight excluding hydrogens is 511 g/mol. The van der Waals surface area contributed by atoms with Gasteiger partial charge in [-0.15, -0.1) is 11.3 Å². The molecule has 1 aliphatic heterocycles. The van der Waals surface area contributed by atoms with E-state index in [1.54, 1.807) is 11.0 Å². The van der Waals surface area contributed by atoms with Crippen LogP contribution in [0.15, 0.2) is 23.6 Å². The van der Waals surface area contributed by atoms with Crippen LogP contribution in [0.5, 0.6) is 0 Å². The summed E-state index contributed by atoms with van der Waals surface area (Å²) < 4.78 is 39.9. The van der Waals surface area contributed by atoms with E-state index in [4.69, 9.17) is 0 Å². The molecule has 9 heteroatoms. The number of hydrogen-bond donors (Lipinski definition) is 2. The molecule has 1 aromatic heterocycles. The number of aliphatic hydroxyl groups is 1. The highest BCUT2D eigenvalue weighted by Crippen LogP contribution is 2.47. The number of nitrogens with one attached hydrogen (secondary N) is 1. The van der Waals surface area contributed by atoms with Crippen LogP contribution >= 0.6 is 11.3 Å². The maximum atomic E-state index is 14.0. The Labute approximate surface area is 226 Å². The third-order valence-corrected chi connectivity index (χ3v) is 10.4. The van der Waals surface area contributed by atoms with Crippen molar-refractivity contribution >= 4 is 17.2 Å². The van der Waals surface area contributed by atoms with E-state index in [1.807, 2.05) is 12.3 Å². The molecule has 2 atom stereocenters. The number of carbonyl (C=O) groups excluding carboxylic acids is 1. The third-order valence-electron chi connectivity index (χ3n) is 9.21. The van der Waals surface area contributed by atoms with Gasteiger partial charge in [0.2, 0.25) is 5.91 Å². The average Bonchev–Trinajstić information content (AvgIpc) is 3.51. The summed E-state index contributed by atoms with van der Waals surface area (Å²) in [5.74, 6) is 0.214. The van der Waals surface area contributed by atoms with Crippen LogP contribution in [0.4, 0.5) is 13.2 Å². The van der Waals surface area contributed by atoms with Crippen LogP contribution in [0.25, 0.3) is 0 Å². The quantitative estimate of drug-likeness (QED) is 0.482. The minimum absolute atomic E-state index is 0.0806. The number of aromatic nitrogens is 1. The van der Waals surface area contributed by atoms with Crippen LogP contribution in [0.3, 0.4) is 0 Å². The van der Waals surface area contributed by atoms with E-state index in [2.05, 4.69) is 24.1 Å². The fourth-order valence-corrected chi connectivity index (χ4v) is 7.74. The van der Waals surface area contributed by atoms with Crippen molar-refractivity contribution in [2.75, 3.05) is 6.54 Å². The van der Waals surface area contributed by atoms with Crippen molar-refractivity contribution in [3.8, 4) is 0 Å². The summed E-state index contributed by atoms with van der Waals surface area (Å²) in [5.41, 5.74) is 0.440. The normalized spacial score (nSPS) is 30.1. The highest BCUT2D eigenvalue weighted by Gasteiger charge is 2.50. The Hall–Kier alpha value is -1.97. The fourth-order valence-electron chi connectivity index (χ4n) is 6.78. The van der Waals surface area contributed by atoms with Gasteiger partial charge in [0, 0.05) is 36.2 Å². The summed E-state index contributed by atoms with van der Waals surface area (Å²) in [4.78, 5) is 20.3. The van der Waals surface area contributed by atoms with E-state index in [9.17, 15) is 23.1 Å². The SMILES string of the molecule is Cc1csc(C2(O)CCC(N[C@@H]3CC[C@@](C(=O)N4CCc5ccc(C(F)(F)F)cc5C4)(C(C)C)C3)CC2)n1. The number of thiazole rings is 1. The number of rotatable bonds is 5. The second-order valence-electron chi connectivity index (χ2n) is 12.0. The lowest BCUT2D eigenvalue weighted by molar-refractivity contribution is -0.145. The first-order valence-corrected chi connectivity index (χ1v) is 14.7. The standard InChI is InChI=1S/C29H38F3N3O2S/c1-18(2)27(26(36)35-13-9-20-4-5-22(29(30,31)32)14-21(20)16-35)10-6-24(15-27)34-23-7-11-28(37,12-8-23)25-33-19(3)17-38-25/h4-5,14,17-18,23-24,34,37H,6-13,15-16H2,1-3H3/t23?,24-,27+,28?/m1/s1. The van der Waals surface area contributed by atoms with Crippen LogP contribution < -0.4 is 5.32 Å². The number of aryl methyl sites for hydroxylation is 1. The van der Waals surface area contributed by atoms with Gasteiger partial charge in [0.1, 0.15) is 10.6 Å². The molecule has 5 nitrogen and oxygen atoms in total. The molecule has 2 saturated carbocycles.